The van der Waals surface area contributed by atoms with Crippen LogP contribution in [-0.2, 0) is 17.5 Å². The lowest BCUT2D eigenvalue weighted by atomic mass is 10.1. The molecule has 2 amide bonds. The zero-order chi connectivity index (χ0) is 22.9. The number of alkyl halides is 3. The number of rotatable bonds is 4. The third kappa shape index (κ3) is 4.49. The SMILES string of the molecule is O=C(O)NCc1cc2cc(-c3ncc(C(=O)N4CCOCC4)cn3)cc(C(F)(F)F)c2o1. The highest BCUT2D eigenvalue weighted by molar-refractivity contribution is 5.94. The van der Waals surface area contributed by atoms with Crippen LogP contribution < -0.4 is 5.32 Å². The highest BCUT2D eigenvalue weighted by Crippen LogP contribution is 2.38. The maximum atomic E-state index is 13.6. The first kappa shape index (κ1) is 21.6. The van der Waals surface area contributed by atoms with Crippen molar-refractivity contribution in [1.82, 2.24) is 20.2 Å². The van der Waals surface area contributed by atoms with Gasteiger partial charge in [0.05, 0.1) is 30.9 Å². The van der Waals surface area contributed by atoms with Gasteiger partial charge in [-0.25, -0.2) is 14.8 Å². The van der Waals surface area contributed by atoms with E-state index >= 15 is 0 Å². The minimum atomic E-state index is -4.73. The van der Waals surface area contributed by atoms with Crippen LogP contribution in [0, 0.1) is 0 Å². The molecule has 3 aromatic rings. The number of nitrogens with zero attached hydrogens (tertiary/aromatic N) is 3. The van der Waals surface area contributed by atoms with Gasteiger partial charge in [0.25, 0.3) is 5.91 Å². The van der Waals surface area contributed by atoms with Gasteiger partial charge in [0.1, 0.15) is 11.3 Å². The summed E-state index contributed by atoms with van der Waals surface area (Å²) in [5, 5.41) is 10.9. The predicted molar refractivity (Wildman–Crippen MR) is 104 cm³/mol. The van der Waals surface area contributed by atoms with Gasteiger partial charge < -0.3 is 24.5 Å². The van der Waals surface area contributed by atoms with Gasteiger partial charge in [0, 0.05) is 36.4 Å². The van der Waals surface area contributed by atoms with Crippen molar-refractivity contribution < 1.29 is 37.0 Å². The van der Waals surface area contributed by atoms with Gasteiger partial charge in [-0.1, -0.05) is 0 Å². The average Bonchev–Trinajstić information content (AvgIpc) is 3.19. The number of morpholine rings is 1. The van der Waals surface area contributed by atoms with Crippen molar-refractivity contribution in [2.75, 3.05) is 26.3 Å². The maximum absolute atomic E-state index is 13.6. The highest BCUT2D eigenvalue weighted by atomic mass is 19.4. The molecule has 0 saturated carbocycles. The second-order valence-electron chi connectivity index (χ2n) is 7.01. The lowest BCUT2D eigenvalue weighted by molar-refractivity contribution is -0.136. The Kier molecular flexibility index (Phi) is 5.70. The molecule has 2 N–H and O–H groups in total. The minimum Gasteiger partial charge on any atom is -0.465 e. The molecule has 1 fully saturated rings. The van der Waals surface area contributed by atoms with E-state index in [1.54, 1.807) is 4.90 Å². The molecule has 3 heterocycles. The van der Waals surface area contributed by atoms with Gasteiger partial charge in [-0.3, -0.25) is 4.79 Å². The average molecular weight is 450 g/mol. The smallest absolute Gasteiger partial charge is 0.420 e. The first-order valence-corrected chi connectivity index (χ1v) is 9.52. The standard InChI is InChI=1S/C20H17F3N4O5/c21-20(22,23)15-7-12(5-11-6-14(32-16(11)15)10-26-19(29)30)17-24-8-13(9-25-17)18(28)27-1-3-31-4-2-27/h5-9,26H,1-4,10H2,(H,29,30). The molecule has 1 saturated heterocycles. The predicted octanol–water partition coefficient (Wildman–Crippen LogP) is 3.15. The van der Waals surface area contributed by atoms with E-state index in [1.807, 2.05) is 5.32 Å². The molecule has 0 spiro atoms. The molecule has 1 aromatic carbocycles. The van der Waals surface area contributed by atoms with E-state index in [9.17, 15) is 22.8 Å². The van der Waals surface area contributed by atoms with Crippen LogP contribution in [0.4, 0.5) is 18.0 Å². The molecular weight excluding hydrogens is 433 g/mol. The summed E-state index contributed by atoms with van der Waals surface area (Å²) in [6, 6.07) is 3.59. The molecule has 0 atom stereocenters. The normalized spacial score (nSPS) is 14.5. The fourth-order valence-corrected chi connectivity index (χ4v) is 3.33. The van der Waals surface area contributed by atoms with E-state index in [0.717, 1.165) is 6.07 Å². The van der Waals surface area contributed by atoms with Gasteiger partial charge in [-0.15, -0.1) is 0 Å². The molecule has 4 rings (SSSR count). The largest absolute Gasteiger partial charge is 0.465 e. The zero-order valence-electron chi connectivity index (χ0n) is 16.5. The van der Waals surface area contributed by atoms with Gasteiger partial charge in [0.2, 0.25) is 0 Å². The first-order valence-electron chi connectivity index (χ1n) is 9.52. The molecule has 2 aromatic heterocycles. The van der Waals surface area contributed by atoms with Crippen LogP contribution in [0.25, 0.3) is 22.4 Å². The third-order valence-electron chi connectivity index (χ3n) is 4.84. The fourth-order valence-electron chi connectivity index (χ4n) is 3.33. The van der Waals surface area contributed by atoms with Crippen LogP contribution in [0.5, 0.6) is 0 Å². The fraction of sp³-hybridized carbons (Fsp3) is 0.300. The quantitative estimate of drug-likeness (QED) is 0.627. The van der Waals surface area contributed by atoms with Crippen LogP contribution in [0.2, 0.25) is 0 Å². The lowest BCUT2D eigenvalue weighted by Crippen LogP contribution is -2.40. The molecule has 0 bridgehead atoms. The number of hydrogen-bond acceptors (Lipinski definition) is 6. The number of halogens is 3. The summed E-state index contributed by atoms with van der Waals surface area (Å²) in [4.78, 5) is 32.9. The Bertz CT molecular complexity index is 1150. The molecular formula is C20H17F3N4O5. The summed E-state index contributed by atoms with van der Waals surface area (Å²) < 4.78 is 51.4. The molecule has 0 aliphatic carbocycles. The van der Waals surface area contributed by atoms with E-state index in [0.29, 0.717) is 26.3 Å². The number of fused-ring (bicyclic) bond motifs is 1. The Morgan fingerprint density at radius 2 is 1.81 bits per heavy atom. The number of amides is 2. The Hall–Kier alpha value is -3.67. The summed E-state index contributed by atoms with van der Waals surface area (Å²) in [5.74, 6) is -0.253. The number of hydrogen-bond donors (Lipinski definition) is 2. The molecule has 0 unspecified atom stereocenters. The van der Waals surface area contributed by atoms with Crippen molar-refractivity contribution in [2.45, 2.75) is 12.7 Å². The molecule has 1 aliphatic heterocycles. The molecule has 32 heavy (non-hydrogen) atoms. The van der Waals surface area contributed by atoms with Crippen LogP contribution in [0.3, 0.4) is 0 Å². The van der Waals surface area contributed by atoms with Gasteiger partial charge >= 0.3 is 12.3 Å². The van der Waals surface area contributed by atoms with Crippen molar-refractivity contribution in [1.29, 1.82) is 0 Å². The van der Waals surface area contributed by atoms with E-state index in [-0.39, 0.29) is 40.5 Å². The van der Waals surface area contributed by atoms with Crippen molar-refractivity contribution in [3.8, 4) is 11.4 Å². The van der Waals surface area contributed by atoms with E-state index in [2.05, 4.69) is 9.97 Å². The van der Waals surface area contributed by atoms with E-state index in [1.165, 1.54) is 24.5 Å². The maximum Gasteiger partial charge on any atom is 0.420 e. The van der Waals surface area contributed by atoms with Gasteiger partial charge in [-0.05, 0) is 18.2 Å². The highest BCUT2D eigenvalue weighted by Gasteiger charge is 2.35. The number of furan rings is 1. The third-order valence-corrected chi connectivity index (χ3v) is 4.84. The Labute approximate surface area is 178 Å². The van der Waals surface area contributed by atoms with Crippen molar-refractivity contribution in [2.24, 2.45) is 0 Å². The number of carboxylic acid groups (broad SMARTS) is 1. The second-order valence-corrected chi connectivity index (χ2v) is 7.01. The molecule has 0 radical (unpaired) electrons. The van der Waals surface area contributed by atoms with Crippen LogP contribution in [0.1, 0.15) is 21.7 Å². The van der Waals surface area contributed by atoms with E-state index in [4.69, 9.17) is 14.3 Å². The Morgan fingerprint density at radius 1 is 1.12 bits per heavy atom. The lowest BCUT2D eigenvalue weighted by Gasteiger charge is -2.26. The van der Waals surface area contributed by atoms with E-state index < -0.39 is 23.4 Å². The summed E-state index contributed by atoms with van der Waals surface area (Å²) in [6.07, 6.45) is -3.51. The number of benzene rings is 1. The van der Waals surface area contributed by atoms with Crippen LogP contribution in [-0.4, -0.2) is 58.3 Å². The number of aromatic nitrogens is 2. The summed E-state index contributed by atoms with van der Waals surface area (Å²) in [7, 11) is 0. The zero-order valence-corrected chi connectivity index (χ0v) is 16.5. The second kappa shape index (κ2) is 8.46. The molecule has 9 nitrogen and oxygen atoms in total. The van der Waals surface area contributed by atoms with Crippen LogP contribution in [0.15, 0.2) is 35.0 Å². The minimum absolute atomic E-state index is 0.00217. The number of carbonyl (C=O) groups is 2. The van der Waals surface area contributed by atoms with Crippen LogP contribution >= 0.6 is 0 Å². The summed E-state index contributed by atoms with van der Waals surface area (Å²) in [6.45, 7) is 1.45. The van der Waals surface area contributed by atoms with Crippen molar-refractivity contribution in [3.63, 3.8) is 0 Å². The number of nitrogens with one attached hydrogen (secondary N) is 1. The Morgan fingerprint density at radius 3 is 2.44 bits per heavy atom. The summed E-state index contributed by atoms with van der Waals surface area (Å²) >= 11 is 0. The van der Waals surface area contributed by atoms with Gasteiger partial charge in [0.15, 0.2) is 5.82 Å². The van der Waals surface area contributed by atoms with Crippen molar-refractivity contribution in [3.05, 3.63) is 47.5 Å². The molecule has 1 aliphatic rings. The molecule has 12 heteroatoms. The number of ether oxygens (including phenoxy) is 1. The monoisotopic (exact) mass is 450 g/mol. The number of carbonyl (C=O) groups excluding carboxylic acids is 1. The first-order chi connectivity index (χ1) is 15.2. The van der Waals surface area contributed by atoms with Crippen molar-refractivity contribution >= 4 is 23.0 Å². The summed E-state index contributed by atoms with van der Waals surface area (Å²) in [5.41, 5.74) is -1.15. The molecule has 168 valence electrons. The Balaban J connectivity index is 1.67. The van der Waals surface area contributed by atoms with Gasteiger partial charge in [-0.2, -0.15) is 13.2 Å². The topological polar surface area (TPSA) is 118 Å².